The molecule has 1 aliphatic rings. The first-order valence-electron chi connectivity index (χ1n) is 2.57. The van der Waals surface area contributed by atoms with Crippen LogP contribution >= 0.6 is 0 Å². The number of carbonyl (C=O) groups excluding carboxylic acids is 2. The van der Waals surface area contributed by atoms with Crippen LogP contribution < -0.4 is 5.32 Å². The zero-order chi connectivity index (χ0) is 5.98. The molecule has 0 radical (unpaired) electrons. The minimum atomic E-state index is -0.160. The van der Waals surface area contributed by atoms with Gasteiger partial charge in [0.05, 0.1) is 6.04 Å². The average Bonchev–Trinajstić information content (AvgIpc) is 1.79. The lowest BCUT2D eigenvalue weighted by Gasteiger charge is -2.22. The molecule has 1 rings (SSSR count). The van der Waals surface area contributed by atoms with Gasteiger partial charge < -0.3 is 5.32 Å². The van der Waals surface area contributed by atoms with Gasteiger partial charge in [0, 0.05) is 6.42 Å². The first-order valence-corrected chi connectivity index (χ1v) is 2.57. The van der Waals surface area contributed by atoms with Crippen LogP contribution in [0.5, 0.6) is 0 Å². The van der Waals surface area contributed by atoms with E-state index in [0.717, 1.165) is 6.42 Å². The molecular formula is C5H7NO2. The van der Waals surface area contributed by atoms with Gasteiger partial charge in [0.25, 0.3) is 0 Å². The molecule has 44 valence electrons. The predicted octanol–water partition coefficient (Wildman–Crippen LogP) is -0.536. The van der Waals surface area contributed by atoms with Crippen LogP contribution in [0.25, 0.3) is 0 Å². The SMILES string of the molecule is O=CNC1CCC1=O. The van der Waals surface area contributed by atoms with Crippen LogP contribution in [0, 0.1) is 0 Å². The molecule has 0 aromatic rings. The molecule has 1 amide bonds. The molecule has 1 aliphatic carbocycles. The second-order valence-corrected chi connectivity index (χ2v) is 1.84. The largest absolute Gasteiger partial charge is 0.349 e. The summed E-state index contributed by atoms with van der Waals surface area (Å²) in [7, 11) is 0. The molecule has 0 saturated heterocycles. The lowest BCUT2D eigenvalue weighted by atomic mass is 9.92. The number of amides is 1. The molecule has 0 aromatic carbocycles. The Morgan fingerprint density at radius 3 is 2.62 bits per heavy atom. The van der Waals surface area contributed by atoms with Crippen LogP contribution in [0.3, 0.4) is 0 Å². The van der Waals surface area contributed by atoms with Crippen molar-refractivity contribution in [2.24, 2.45) is 0 Å². The van der Waals surface area contributed by atoms with Gasteiger partial charge in [-0.2, -0.15) is 0 Å². The standard InChI is InChI=1S/C5H7NO2/c7-3-6-4-1-2-5(4)8/h3-4H,1-2H2,(H,6,7). The molecule has 3 heteroatoms. The summed E-state index contributed by atoms with van der Waals surface area (Å²) in [5.74, 6) is 0.150. The van der Waals surface area contributed by atoms with Gasteiger partial charge in [0.15, 0.2) is 5.78 Å². The van der Waals surface area contributed by atoms with Gasteiger partial charge in [-0.25, -0.2) is 0 Å². The van der Waals surface area contributed by atoms with Gasteiger partial charge in [-0.3, -0.25) is 9.59 Å². The quantitative estimate of drug-likeness (QED) is 0.489. The van der Waals surface area contributed by atoms with E-state index in [1.807, 2.05) is 0 Å². The van der Waals surface area contributed by atoms with Crippen molar-refractivity contribution in [3.63, 3.8) is 0 Å². The first-order chi connectivity index (χ1) is 3.84. The Balaban J connectivity index is 2.26. The van der Waals surface area contributed by atoms with Crippen molar-refractivity contribution in [1.82, 2.24) is 5.32 Å². The smallest absolute Gasteiger partial charge is 0.207 e. The summed E-state index contributed by atoms with van der Waals surface area (Å²) in [5, 5.41) is 2.40. The highest BCUT2D eigenvalue weighted by Gasteiger charge is 2.26. The van der Waals surface area contributed by atoms with Gasteiger partial charge in [-0.1, -0.05) is 0 Å². The molecule has 0 bridgehead atoms. The molecule has 1 fully saturated rings. The Bertz CT molecular complexity index is 122. The molecule has 0 heterocycles. The normalized spacial score (nSPS) is 26.5. The molecular weight excluding hydrogens is 106 g/mol. The Kier molecular flexibility index (Phi) is 1.28. The fraction of sp³-hybridized carbons (Fsp3) is 0.600. The first kappa shape index (κ1) is 5.28. The van der Waals surface area contributed by atoms with Gasteiger partial charge in [0.1, 0.15) is 0 Å². The fourth-order valence-electron chi connectivity index (χ4n) is 0.665. The molecule has 1 unspecified atom stereocenters. The summed E-state index contributed by atoms with van der Waals surface area (Å²) in [6.45, 7) is 0. The molecule has 1 saturated carbocycles. The highest BCUT2D eigenvalue weighted by atomic mass is 16.1. The molecule has 0 aliphatic heterocycles. The Labute approximate surface area is 47.1 Å². The highest BCUT2D eigenvalue weighted by molar-refractivity contribution is 5.90. The molecule has 1 N–H and O–H groups in total. The lowest BCUT2D eigenvalue weighted by Crippen LogP contribution is -2.43. The van der Waals surface area contributed by atoms with Crippen LogP contribution in [0.15, 0.2) is 0 Å². The summed E-state index contributed by atoms with van der Waals surface area (Å²) >= 11 is 0. The van der Waals surface area contributed by atoms with E-state index in [0.29, 0.717) is 12.8 Å². The third kappa shape index (κ3) is 0.710. The van der Waals surface area contributed by atoms with Crippen molar-refractivity contribution in [2.45, 2.75) is 18.9 Å². The van der Waals surface area contributed by atoms with Gasteiger partial charge in [-0.15, -0.1) is 0 Å². The molecule has 0 aromatic heterocycles. The average molecular weight is 113 g/mol. The maximum absolute atomic E-state index is 10.4. The van der Waals surface area contributed by atoms with E-state index in [9.17, 15) is 9.59 Å². The van der Waals surface area contributed by atoms with Gasteiger partial charge in [0.2, 0.25) is 6.41 Å². The molecule has 8 heavy (non-hydrogen) atoms. The van der Waals surface area contributed by atoms with E-state index < -0.39 is 0 Å². The van der Waals surface area contributed by atoms with E-state index in [1.165, 1.54) is 0 Å². The molecule has 0 spiro atoms. The topological polar surface area (TPSA) is 46.2 Å². The second kappa shape index (κ2) is 1.94. The summed E-state index contributed by atoms with van der Waals surface area (Å²) in [6, 6.07) is -0.160. The van der Waals surface area contributed by atoms with E-state index in [2.05, 4.69) is 5.32 Å². The molecule has 1 atom stereocenters. The number of hydrogen-bond acceptors (Lipinski definition) is 2. The van der Waals surface area contributed by atoms with Crippen LogP contribution in [0.1, 0.15) is 12.8 Å². The van der Waals surface area contributed by atoms with Crippen LogP contribution in [0.2, 0.25) is 0 Å². The van der Waals surface area contributed by atoms with E-state index in [-0.39, 0.29) is 11.8 Å². The van der Waals surface area contributed by atoms with Crippen LogP contribution in [-0.4, -0.2) is 18.2 Å². The summed E-state index contributed by atoms with van der Waals surface area (Å²) < 4.78 is 0. The lowest BCUT2D eigenvalue weighted by molar-refractivity contribution is -0.128. The Hall–Kier alpha value is -0.860. The third-order valence-corrected chi connectivity index (χ3v) is 1.34. The predicted molar refractivity (Wildman–Crippen MR) is 27.2 cm³/mol. The van der Waals surface area contributed by atoms with E-state index in [1.54, 1.807) is 0 Å². The molecule has 3 nitrogen and oxygen atoms in total. The van der Waals surface area contributed by atoms with Gasteiger partial charge in [-0.05, 0) is 6.42 Å². The summed E-state index contributed by atoms with van der Waals surface area (Å²) in [4.78, 5) is 20.1. The van der Waals surface area contributed by atoms with Crippen molar-refractivity contribution in [1.29, 1.82) is 0 Å². The zero-order valence-corrected chi connectivity index (χ0v) is 4.39. The van der Waals surface area contributed by atoms with Crippen molar-refractivity contribution >= 4 is 12.2 Å². The van der Waals surface area contributed by atoms with Crippen molar-refractivity contribution in [2.75, 3.05) is 0 Å². The van der Waals surface area contributed by atoms with E-state index in [4.69, 9.17) is 0 Å². The highest BCUT2D eigenvalue weighted by Crippen LogP contribution is 2.12. The monoisotopic (exact) mass is 113 g/mol. The number of nitrogens with one attached hydrogen (secondary N) is 1. The number of ketones is 1. The second-order valence-electron chi connectivity index (χ2n) is 1.84. The minimum absolute atomic E-state index is 0.150. The Morgan fingerprint density at radius 2 is 2.50 bits per heavy atom. The number of hydrogen-bond donors (Lipinski definition) is 1. The number of Topliss-reactive ketones (excluding diaryl/α,β-unsaturated/α-hetero) is 1. The van der Waals surface area contributed by atoms with Crippen LogP contribution in [0.4, 0.5) is 0 Å². The third-order valence-electron chi connectivity index (χ3n) is 1.34. The van der Waals surface area contributed by atoms with E-state index >= 15 is 0 Å². The fourth-order valence-corrected chi connectivity index (χ4v) is 0.665. The van der Waals surface area contributed by atoms with Gasteiger partial charge >= 0.3 is 0 Å². The van der Waals surface area contributed by atoms with Crippen molar-refractivity contribution < 1.29 is 9.59 Å². The Morgan fingerprint density at radius 1 is 1.75 bits per heavy atom. The number of carbonyl (C=O) groups is 2. The summed E-state index contributed by atoms with van der Waals surface area (Å²) in [5.41, 5.74) is 0. The van der Waals surface area contributed by atoms with Crippen molar-refractivity contribution in [3.8, 4) is 0 Å². The summed E-state index contributed by atoms with van der Waals surface area (Å²) in [6.07, 6.45) is 2.02. The maximum Gasteiger partial charge on any atom is 0.207 e. The maximum atomic E-state index is 10.4. The van der Waals surface area contributed by atoms with Crippen molar-refractivity contribution in [3.05, 3.63) is 0 Å². The number of rotatable bonds is 2. The van der Waals surface area contributed by atoms with Crippen LogP contribution in [-0.2, 0) is 9.59 Å². The zero-order valence-electron chi connectivity index (χ0n) is 4.39. The minimum Gasteiger partial charge on any atom is -0.349 e.